The van der Waals surface area contributed by atoms with E-state index >= 15 is 0 Å². The molecular weight excluding hydrogens is 309 g/mol. The Morgan fingerprint density at radius 2 is 2.16 bits per heavy atom. The molecule has 0 radical (unpaired) electrons. The van der Waals surface area contributed by atoms with Crippen molar-refractivity contribution in [2.24, 2.45) is 5.73 Å². The molecule has 0 spiro atoms. The molecule has 0 bridgehead atoms. The maximum Gasteiger partial charge on any atom is 0.128 e. The molecule has 3 nitrogen and oxygen atoms in total. The number of benzene rings is 1. The van der Waals surface area contributed by atoms with E-state index in [2.05, 4.69) is 26.2 Å². The Balaban J connectivity index is 2.07. The second-order valence-electron chi connectivity index (χ2n) is 4.30. The largest absolute Gasteiger partial charge is 0.366 e. The van der Waals surface area contributed by atoms with Gasteiger partial charge in [-0.15, -0.1) is 0 Å². The summed E-state index contributed by atoms with van der Waals surface area (Å²) in [6, 6.07) is 6.96. The number of hydrogen-bond donors (Lipinski definition) is 2. The van der Waals surface area contributed by atoms with Crippen LogP contribution in [0.1, 0.15) is 16.7 Å². The van der Waals surface area contributed by atoms with E-state index in [1.54, 1.807) is 12.3 Å². The Morgan fingerprint density at radius 3 is 2.79 bits per heavy atom. The smallest absolute Gasteiger partial charge is 0.128 e. The maximum absolute atomic E-state index is 13.8. The Hall–Kier alpha value is -1.46. The highest BCUT2D eigenvalue weighted by atomic mass is 79.9. The Bertz CT molecular complexity index is 587. The quantitative estimate of drug-likeness (QED) is 0.907. The van der Waals surface area contributed by atoms with E-state index in [1.807, 2.05) is 19.1 Å². The second kappa shape index (κ2) is 6.12. The van der Waals surface area contributed by atoms with Crippen LogP contribution in [-0.4, -0.2) is 4.98 Å². The van der Waals surface area contributed by atoms with Gasteiger partial charge in [0.15, 0.2) is 0 Å². The molecule has 3 N–H and O–H groups in total. The normalized spacial score (nSPS) is 10.5. The van der Waals surface area contributed by atoms with Gasteiger partial charge in [0.1, 0.15) is 11.6 Å². The molecule has 0 fully saturated rings. The number of nitrogens with two attached hydrogens (primary N) is 1. The van der Waals surface area contributed by atoms with Crippen molar-refractivity contribution in [2.45, 2.75) is 20.0 Å². The van der Waals surface area contributed by atoms with E-state index in [-0.39, 0.29) is 5.82 Å². The zero-order valence-corrected chi connectivity index (χ0v) is 12.2. The first kappa shape index (κ1) is 14.0. The lowest BCUT2D eigenvalue weighted by Crippen LogP contribution is -2.05. The van der Waals surface area contributed by atoms with Crippen LogP contribution in [0.3, 0.4) is 0 Å². The van der Waals surface area contributed by atoms with E-state index in [0.29, 0.717) is 18.7 Å². The first-order valence-electron chi connectivity index (χ1n) is 5.93. The van der Waals surface area contributed by atoms with Crippen LogP contribution in [0.25, 0.3) is 0 Å². The molecular formula is C14H15BrFN3. The highest BCUT2D eigenvalue weighted by molar-refractivity contribution is 9.10. The summed E-state index contributed by atoms with van der Waals surface area (Å²) in [6.45, 7) is 2.72. The highest BCUT2D eigenvalue weighted by Crippen LogP contribution is 2.18. The van der Waals surface area contributed by atoms with Crippen molar-refractivity contribution in [2.75, 3.05) is 5.32 Å². The van der Waals surface area contributed by atoms with Crippen LogP contribution < -0.4 is 11.1 Å². The number of nitrogens with one attached hydrogen (secondary N) is 1. The summed E-state index contributed by atoms with van der Waals surface area (Å²) in [5, 5.41) is 3.10. The van der Waals surface area contributed by atoms with Crippen molar-refractivity contribution >= 4 is 21.7 Å². The Morgan fingerprint density at radius 1 is 1.37 bits per heavy atom. The monoisotopic (exact) mass is 323 g/mol. The molecule has 5 heteroatoms. The second-order valence-corrected chi connectivity index (χ2v) is 5.16. The summed E-state index contributed by atoms with van der Waals surface area (Å²) in [5.74, 6) is 0.479. The van der Waals surface area contributed by atoms with E-state index in [4.69, 9.17) is 5.73 Å². The molecule has 0 saturated carbocycles. The van der Waals surface area contributed by atoms with Gasteiger partial charge < -0.3 is 11.1 Å². The average molecular weight is 324 g/mol. The summed E-state index contributed by atoms with van der Waals surface area (Å²) in [6.07, 6.45) is 1.73. The minimum Gasteiger partial charge on any atom is -0.366 e. The summed E-state index contributed by atoms with van der Waals surface area (Å²) in [7, 11) is 0. The van der Waals surface area contributed by atoms with Crippen LogP contribution in [0.5, 0.6) is 0 Å². The molecule has 100 valence electrons. The van der Waals surface area contributed by atoms with Gasteiger partial charge in [-0.1, -0.05) is 12.1 Å². The van der Waals surface area contributed by atoms with Gasteiger partial charge in [-0.3, -0.25) is 0 Å². The lowest BCUT2D eigenvalue weighted by molar-refractivity contribution is 0.610. The minimum absolute atomic E-state index is 0.246. The highest BCUT2D eigenvalue weighted by Gasteiger charge is 2.04. The molecule has 2 rings (SSSR count). The van der Waals surface area contributed by atoms with Crippen molar-refractivity contribution in [3.63, 3.8) is 0 Å². The van der Waals surface area contributed by atoms with Crippen LogP contribution in [0.4, 0.5) is 10.2 Å². The predicted octanol–water partition coefficient (Wildman–Crippen LogP) is 3.36. The van der Waals surface area contributed by atoms with Crippen molar-refractivity contribution < 1.29 is 4.39 Å². The van der Waals surface area contributed by atoms with Gasteiger partial charge in [0.05, 0.1) is 0 Å². The van der Waals surface area contributed by atoms with Crippen molar-refractivity contribution in [3.05, 3.63) is 57.4 Å². The number of aryl methyl sites for hydroxylation is 1. The number of pyridine rings is 1. The van der Waals surface area contributed by atoms with Gasteiger partial charge in [0.2, 0.25) is 0 Å². The molecule has 0 aliphatic heterocycles. The SMILES string of the molecule is Cc1cc(NCc2ccc(CN)cc2F)ncc1Br. The molecule has 0 aliphatic rings. The number of nitrogens with zero attached hydrogens (tertiary/aromatic N) is 1. The molecule has 0 aliphatic carbocycles. The van der Waals surface area contributed by atoms with Crippen molar-refractivity contribution in [1.82, 2.24) is 4.98 Å². The van der Waals surface area contributed by atoms with E-state index in [9.17, 15) is 4.39 Å². The Labute approximate surface area is 120 Å². The molecule has 1 aromatic carbocycles. The molecule has 2 aromatic rings. The summed E-state index contributed by atoms with van der Waals surface area (Å²) in [5.41, 5.74) is 7.94. The van der Waals surface area contributed by atoms with Gasteiger partial charge in [-0.2, -0.15) is 0 Å². The predicted molar refractivity (Wildman–Crippen MR) is 78.3 cm³/mol. The van der Waals surface area contributed by atoms with Crippen LogP contribution >= 0.6 is 15.9 Å². The third kappa shape index (κ3) is 3.52. The first-order valence-corrected chi connectivity index (χ1v) is 6.73. The molecule has 1 heterocycles. The molecule has 1 aromatic heterocycles. The molecule has 19 heavy (non-hydrogen) atoms. The maximum atomic E-state index is 13.8. The molecule has 0 amide bonds. The van der Waals surface area contributed by atoms with E-state index in [0.717, 1.165) is 21.4 Å². The van der Waals surface area contributed by atoms with Gasteiger partial charge in [-0.25, -0.2) is 9.37 Å². The number of aromatic nitrogens is 1. The molecule has 0 saturated heterocycles. The van der Waals surface area contributed by atoms with Gasteiger partial charge >= 0.3 is 0 Å². The molecule has 0 atom stereocenters. The van der Waals surface area contributed by atoms with Crippen molar-refractivity contribution in [1.29, 1.82) is 0 Å². The van der Waals surface area contributed by atoms with Crippen molar-refractivity contribution in [3.8, 4) is 0 Å². The lowest BCUT2D eigenvalue weighted by atomic mass is 10.1. The minimum atomic E-state index is -0.246. The zero-order chi connectivity index (χ0) is 13.8. The summed E-state index contributed by atoms with van der Waals surface area (Å²) in [4.78, 5) is 4.22. The topological polar surface area (TPSA) is 50.9 Å². The van der Waals surface area contributed by atoms with E-state index < -0.39 is 0 Å². The average Bonchev–Trinajstić information content (AvgIpc) is 2.41. The van der Waals surface area contributed by atoms with E-state index in [1.165, 1.54) is 6.07 Å². The Kier molecular flexibility index (Phi) is 4.50. The van der Waals surface area contributed by atoms with Gasteiger partial charge in [0, 0.05) is 29.3 Å². The lowest BCUT2D eigenvalue weighted by Gasteiger charge is -2.09. The van der Waals surface area contributed by atoms with Crippen LogP contribution in [-0.2, 0) is 13.1 Å². The number of anilines is 1. The van der Waals surface area contributed by atoms with Gasteiger partial charge in [0.25, 0.3) is 0 Å². The third-order valence-electron chi connectivity index (χ3n) is 2.86. The summed E-state index contributed by atoms with van der Waals surface area (Å²) < 4.78 is 14.7. The fourth-order valence-corrected chi connectivity index (χ4v) is 1.90. The fourth-order valence-electron chi connectivity index (χ4n) is 1.68. The number of halogens is 2. The number of hydrogen-bond acceptors (Lipinski definition) is 3. The third-order valence-corrected chi connectivity index (χ3v) is 3.69. The van der Waals surface area contributed by atoms with Crippen LogP contribution in [0.2, 0.25) is 0 Å². The standard InChI is InChI=1S/C14H15BrFN3/c1-9-4-14(19-8-12(9)15)18-7-11-3-2-10(6-17)5-13(11)16/h2-5,8H,6-7,17H2,1H3,(H,18,19). The zero-order valence-electron chi connectivity index (χ0n) is 10.6. The van der Waals surface area contributed by atoms with Crippen LogP contribution in [0, 0.1) is 12.7 Å². The number of rotatable bonds is 4. The first-order chi connectivity index (χ1) is 9.10. The fraction of sp³-hybridized carbons (Fsp3) is 0.214. The van der Waals surface area contributed by atoms with Crippen LogP contribution in [0.15, 0.2) is 34.9 Å². The molecule has 0 unspecified atom stereocenters. The van der Waals surface area contributed by atoms with Gasteiger partial charge in [-0.05, 0) is 46.1 Å². The summed E-state index contributed by atoms with van der Waals surface area (Å²) >= 11 is 3.39.